The first-order chi connectivity index (χ1) is 11.9. The molecule has 1 amide bonds. The van der Waals surface area contributed by atoms with Gasteiger partial charge in [-0.3, -0.25) is 24.5 Å². The first kappa shape index (κ1) is 16.7. The third kappa shape index (κ3) is 3.86. The van der Waals surface area contributed by atoms with Gasteiger partial charge in [-0.1, -0.05) is 41.2 Å². The van der Waals surface area contributed by atoms with Crippen LogP contribution in [0.5, 0.6) is 0 Å². The lowest BCUT2D eigenvalue weighted by Gasteiger charge is -2.04. The molecule has 25 heavy (non-hydrogen) atoms. The number of hydrogen-bond acceptors (Lipinski definition) is 6. The quantitative estimate of drug-likeness (QED) is 0.724. The van der Waals surface area contributed by atoms with E-state index in [0.717, 1.165) is 15.7 Å². The minimum Gasteiger partial charge on any atom is -0.299 e. The highest BCUT2D eigenvalue weighted by molar-refractivity contribution is 7.18. The Morgan fingerprint density at radius 1 is 1.28 bits per heavy atom. The summed E-state index contributed by atoms with van der Waals surface area (Å²) >= 11 is 1.17. The van der Waals surface area contributed by atoms with Gasteiger partial charge in [0.1, 0.15) is 11.6 Å². The smallest absolute Gasteiger partial charge is 0.299 e. The molecule has 2 aromatic heterocycles. The van der Waals surface area contributed by atoms with Gasteiger partial charge in [0.25, 0.3) is 5.56 Å². The highest BCUT2D eigenvalue weighted by atomic mass is 32.1. The molecule has 1 aromatic carbocycles. The van der Waals surface area contributed by atoms with Crippen LogP contribution >= 0.6 is 11.3 Å². The van der Waals surface area contributed by atoms with Gasteiger partial charge in [-0.05, 0) is 6.92 Å². The van der Waals surface area contributed by atoms with Crippen LogP contribution in [0.25, 0.3) is 10.6 Å². The van der Waals surface area contributed by atoms with E-state index in [9.17, 15) is 18.8 Å². The van der Waals surface area contributed by atoms with E-state index < -0.39 is 29.5 Å². The van der Waals surface area contributed by atoms with Crippen molar-refractivity contribution in [3.05, 3.63) is 62.7 Å². The number of halogens is 1. The molecule has 10 heteroatoms. The van der Waals surface area contributed by atoms with E-state index in [1.807, 2.05) is 31.2 Å². The predicted octanol–water partition coefficient (Wildman–Crippen LogP) is 1.14. The van der Waals surface area contributed by atoms with Crippen LogP contribution in [0.3, 0.4) is 0 Å². The van der Waals surface area contributed by atoms with Crippen LogP contribution in [0, 0.1) is 12.7 Å². The number of rotatable bonds is 4. The predicted molar refractivity (Wildman–Crippen MR) is 90.0 cm³/mol. The number of anilines is 1. The molecule has 0 saturated heterocycles. The van der Waals surface area contributed by atoms with Crippen molar-refractivity contribution in [1.82, 2.24) is 19.7 Å². The van der Waals surface area contributed by atoms with E-state index in [2.05, 4.69) is 15.5 Å². The van der Waals surface area contributed by atoms with Gasteiger partial charge in [-0.15, -0.1) is 10.2 Å². The van der Waals surface area contributed by atoms with Gasteiger partial charge in [0.2, 0.25) is 16.9 Å². The maximum absolute atomic E-state index is 13.2. The fraction of sp³-hybridized carbons (Fsp3) is 0.133. The summed E-state index contributed by atoms with van der Waals surface area (Å²) in [6.07, 6.45) is 0.679. The number of H-pyrrole nitrogens is 1. The van der Waals surface area contributed by atoms with Crippen molar-refractivity contribution in [3.63, 3.8) is 0 Å². The van der Waals surface area contributed by atoms with Crippen LogP contribution in [-0.2, 0) is 11.3 Å². The molecule has 128 valence electrons. The van der Waals surface area contributed by atoms with Gasteiger partial charge < -0.3 is 0 Å². The molecule has 2 N–H and O–H groups in total. The van der Waals surface area contributed by atoms with Gasteiger partial charge in [0.15, 0.2) is 0 Å². The second-order valence-corrected chi connectivity index (χ2v) is 6.17. The lowest BCUT2D eigenvalue weighted by atomic mass is 10.2. The number of amides is 1. The number of aryl methyl sites for hydroxylation is 1. The largest absolute Gasteiger partial charge is 0.328 e. The molecular formula is C15H12FN5O3S. The van der Waals surface area contributed by atoms with Crippen LogP contribution in [0.4, 0.5) is 9.52 Å². The van der Waals surface area contributed by atoms with Crippen molar-refractivity contribution in [1.29, 1.82) is 0 Å². The molecule has 0 fully saturated rings. The second-order valence-electron chi connectivity index (χ2n) is 5.19. The average molecular weight is 361 g/mol. The van der Waals surface area contributed by atoms with Crippen molar-refractivity contribution in [2.45, 2.75) is 13.5 Å². The molecule has 0 aliphatic rings. The number of carbonyl (C=O) groups is 1. The molecular weight excluding hydrogens is 349 g/mol. The number of benzene rings is 1. The monoisotopic (exact) mass is 361 g/mol. The van der Waals surface area contributed by atoms with Crippen LogP contribution in [0.15, 0.2) is 40.1 Å². The fourth-order valence-corrected chi connectivity index (χ4v) is 2.77. The molecule has 0 radical (unpaired) electrons. The van der Waals surface area contributed by atoms with Gasteiger partial charge in [0, 0.05) is 5.56 Å². The minimum absolute atomic E-state index is 0.249. The first-order valence-corrected chi connectivity index (χ1v) is 7.93. The Hall–Kier alpha value is -3.14. The van der Waals surface area contributed by atoms with E-state index in [-0.39, 0.29) is 5.13 Å². The zero-order chi connectivity index (χ0) is 18.0. The maximum Gasteiger partial charge on any atom is 0.328 e. The van der Waals surface area contributed by atoms with Crippen LogP contribution in [0.2, 0.25) is 0 Å². The molecule has 0 bridgehead atoms. The third-order valence-corrected chi connectivity index (χ3v) is 4.14. The Labute approximate surface area is 144 Å². The highest BCUT2D eigenvalue weighted by Crippen LogP contribution is 2.26. The molecule has 3 rings (SSSR count). The van der Waals surface area contributed by atoms with Crippen molar-refractivity contribution in [2.24, 2.45) is 0 Å². The van der Waals surface area contributed by atoms with Crippen LogP contribution in [0.1, 0.15) is 5.56 Å². The average Bonchev–Trinajstić information content (AvgIpc) is 3.01. The summed E-state index contributed by atoms with van der Waals surface area (Å²) in [7, 11) is 0. The first-order valence-electron chi connectivity index (χ1n) is 7.12. The zero-order valence-corrected chi connectivity index (χ0v) is 13.8. The third-order valence-electron chi connectivity index (χ3n) is 3.25. The van der Waals surface area contributed by atoms with Crippen molar-refractivity contribution >= 4 is 22.4 Å². The normalized spacial score (nSPS) is 10.6. The molecule has 3 aromatic rings. The van der Waals surface area contributed by atoms with E-state index in [1.54, 1.807) is 4.98 Å². The van der Waals surface area contributed by atoms with Crippen LogP contribution in [-0.4, -0.2) is 25.7 Å². The van der Waals surface area contributed by atoms with E-state index in [4.69, 9.17) is 0 Å². The van der Waals surface area contributed by atoms with Crippen LogP contribution < -0.4 is 16.6 Å². The summed E-state index contributed by atoms with van der Waals surface area (Å²) in [6, 6.07) is 7.66. The summed E-state index contributed by atoms with van der Waals surface area (Å²) in [5.74, 6) is -1.75. The summed E-state index contributed by atoms with van der Waals surface area (Å²) in [5.41, 5.74) is -0.0319. The molecule has 8 nitrogen and oxygen atoms in total. The van der Waals surface area contributed by atoms with Gasteiger partial charge in [-0.2, -0.15) is 4.39 Å². The summed E-state index contributed by atoms with van der Waals surface area (Å²) in [4.78, 5) is 36.3. The summed E-state index contributed by atoms with van der Waals surface area (Å²) < 4.78 is 14.0. The van der Waals surface area contributed by atoms with Gasteiger partial charge in [-0.25, -0.2) is 4.79 Å². The Kier molecular flexibility index (Phi) is 4.52. The second kappa shape index (κ2) is 6.77. The molecule has 0 saturated carbocycles. The fourth-order valence-electron chi connectivity index (χ4n) is 2.00. The van der Waals surface area contributed by atoms with E-state index >= 15 is 0 Å². The van der Waals surface area contributed by atoms with Gasteiger partial charge in [0.05, 0.1) is 6.20 Å². The van der Waals surface area contributed by atoms with Crippen molar-refractivity contribution < 1.29 is 9.18 Å². The standard InChI is InChI=1S/C15H12FN5O3S/c1-8-2-4-9(5-3-8)13-19-20-14(25-13)17-11(22)7-21-6-10(16)12(23)18-15(21)24/h2-6H,7H2,1H3,(H,17,20,22)(H,18,23,24). The summed E-state index contributed by atoms with van der Waals surface area (Å²) in [6.45, 7) is 1.50. The molecule has 0 aliphatic carbocycles. The maximum atomic E-state index is 13.2. The number of nitrogens with zero attached hydrogens (tertiary/aromatic N) is 3. The van der Waals surface area contributed by atoms with Crippen molar-refractivity contribution in [3.8, 4) is 10.6 Å². The topological polar surface area (TPSA) is 110 Å². The number of nitrogens with one attached hydrogen (secondary N) is 2. The lowest BCUT2D eigenvalue weighted by Crippen LogP contribution is -2.34. The summed E-state index contributed by atoms with van der Waals surface area (Å²) in [5, 5.41) is 11.2. The van der Waals surface area contributed by atoms with Gasteiger partial charge >= 0.3 is 5.69 Å². The number of hydrogen-bond donors (Lipinski definition) is 2. The number of aromatic nitrogens is 4. The Balaban J connectivity index is 1.72. The number of carbonyl (C=O) groups excluding carboxylic acids is 1. The lowest BCUT2D eigenvalue weighted by molar-refractivity contribution is -0.116. The Morgan fingerprint density at radius 2 is 2.00 bits per heavy atom. The molecule has 0 aliphatic heterocycles. The van der Waals surface area contributed by atoms with Crippen molar-refractivity contribution in [2.75, 3.05) is 5.32 Å². The SMILES string of the molecule is Cc1ccc(-c2nnc(NC(=O)Cn3cc(F)c(=O)[nH]c3=O)s2)cc1. The molecule has 0 atom stereocenters. The zero-order valence-electron chi connectivity index (χ0n) is 12.9. The molecule has 0 unspecified atom stereocenters. The number of aromatic amines is 1. The Morgan fingerprint density at radius 3 is 2.72 bits per heavy atom. The minimum atomic E-state index is -1.15. The highest BCUT2D eigenvalue weighted by Gasteiger charge is 2.12. The Bertz CT molecular complexity index is 1040. The molecule has 2 heterocycles. The van der Waals surface area contributed by atoms with E-state index in [0.29, 0.717) is 11.2 Å². The van der Waals surface area contributed by atoms with E-state index in [1.165, 1.54) is 11.3 Å². The molecule has 0 spiro atoms.